The maximum Gasteiger partial charge on any atom is 0.273 e. The Kier molecular flexibility index (Phi) is 3.54. The predicted molar refractivity (Wildman–Crippen MR) is 69.0 cm³/mol. The van der Waals surface area contributed by atoms with Crippen LogP contribution in [0.1, 0.15) is 6.92 Å². The number of nitrogens with two attached hydrogens (primary N) is 1. The van der Waals surface area contributed by atoms with Crippen molar-refractivity contribution in [2.24, 2.45) is 12.2 Å². The molecule has 0 saturated heterocycles. The number of sulfonamides is 1. The highest BCUT2D eigenvalue weighted by Crippen LogP contribution is 2.28. The van der Waals surface area contributed by atoms with Crippen LogP contribution in [0.25, 0.3) is 11.4 Å². The van der Waals surface area contributed by atoms with Gasteiger partial charge in [-0.05, 0) is 19.1 Å². The molecule has 0 aliphatic carbocycles. The van der Waals surface area contributed by atoms with Gasteiger partial charge in [-0.25, -0.2) is 13.6 Å². The first-order valence-electron chi connectivity index (χ1n) is 5.59. The van der Waals surface area contributed by atoms with Gasteiger partial charge < -0.3 is 4.74 Å². The van der Waals surface area contributed by atoms with Gasteiger partial charge in [0.1, 0.15) is 5.75 Å². The maximum absolute atomic E-state index is 11.3. The zero-order chi connectivity index (χ0) is 14.0. The lowest BCUT2D eigenvalue weighted by atomic mass is 10.2. The van der Waals surface area contributed by atoms with E-state index in [0.29, 0.717) is 23.7 Å². The van der Waals surface area contributed by atoms with Crippen molar-refractivity contribution in [2.75, 3.05) is 6.61 Å². The van der Waals surface area contributed by atoms with Crippen LogP contribution in [0.3, 0.4) is 0 Å². The minimum absolute atomic E-state index is 0.284. The van der Waals surface area contributed by atoms with Gasteiger partial charge in [-0.1, -0.05) is 12.1 Å². The third-order valence-electron chi connectivity index (χ3n) is 2.52. The molecule has 8 heteroatoms. The molecule has 1 aromatic carbocycles. The van der Waals surface area contributed by atoms with E-state index in [1.165, 1.54) is 11.6 Å². The smallest absolute Gasteiger partial charge is 0.273 e. The number of nitrogens with zero attached hydrogens (tertiary/aromatic N) is 3. The summed E-state index contributed by atoms with van der Waals surface area (Å²) in [7, 11) is -2.36. The Morgan fingerprint density at radius 2 is 2.00 bits per heavy atom. The van der Waals surface area contributed by atoms with E-state index in [-0.39, 0.29) is 5.16 Å². The van der Waals surface area contributed by atoms with Crippen molar-refractivity contribution in [1.29, 1.82) is 0 Å². The molecule has 2 rings (SSSR count). The van der Waals surface area contributed by atoms with Crippen molar-refractivity contribution in [3.8, 4) is 17.1 Å². The third kappa shape index (κ3) is 2.59. The van der Waals surface area contributed by atoms with Crippen LogP contribution in [0.15, 0.2) is 29.4 Å². The monoisotopic (exact) mass is 282 g/mol. The first-order valence-corrected chi connectivity index (χ1v) is 7.14. The van der Waals surface area contributed by atoms with Crippen LogP contribution in [0.5, 0.6) is 5.75 Å². The van der Waals surface area contributed by atoms with Crippen molar-refractivity contribution in [3.63, 3.8) is 0 Å². The first kappa shape index (κ1) is 13.5. The first-order chi connectivity index (χ1) is 8.95. The Morgan fingerprint density at radius 3 is 2.58 bits per heavy atom. The molecule has 1 aromatic heterocycles. The average Bonchev–Trinajstić information content (AvgIpc) is 2.72. The quantitative estimate of drug-likeness (QED) is 0.881. The molecule has 0 unspecified atom stereocenters. The number of primary sulfonamides is 1. The van der Waals surface area contributed by atoms with E-state index < -0.39 is 10.0 Å². The van der Waals surface area contributed by atoms with Gasteiger partial charge in [0.2, 0.25) is 0 Å². The highest BCUT2D eigenvalue weighted by atomic mass is 32.2. The van der Waals surface area contributed by atoms with Gasteiger partial charge in [0, 0.05) is 7.05 Å². The predicted octanol–water partition coefficient (Wildman–Crippen LogP) is 0.528. The SMILES string of the molecule is CCOc1ccccc1-c1nnc(S(N)(=O)=O)n1C. The third-order valence-corrected chi connectivity index (χ3v) is 3.38. The highest BCUT2D eigenvalue weighted by molar-refractivity contribution is 7.89. The molecule has 0 aliphatic rings. The molecule has 19 heavy (non-hydrogen) atoms. The molecule has 2 aromatic rings. The molecule has 0 amide bonds. The fraction of sp³-hybridized carbons (Fsp3) is 0.273. The Bertz CT molecular complexity index is 694. The van der Waals surface area contributed by atoms with Crippen molar-refractivity contribution < 1.29 is 13.2 Å². The second-order valence-electron chi connectivity index (χ2n) is 3.84. The summed E-state index contributed by atoms with van der Waals surface area (Å²) >= 11 is 0. The van der Waals surface area contributed by atoms with Crippen LogP contribution in [0.2, 0.25) is 0 Å². The summed E-state index contributed by atoms with van der Waals surface area (Å²) in [5, 5.41) is 12.3. The van der Waals surface area contributed by atoms with Gasteiger partial charge in [0.15, 0.2) is 5.82 Å². The van der Waals surface area contributed by atoms with Gasteiger partial charge in [-0.2, -0.15) is 0 Å². The van der Waals surface area contributed by atoms with Gasteiger partial charge >= 0.3 is 0 Å². The number of rotatable bonds is 4. The van der Waals surface area contributed by atoms with Gasteiger partial charge in [0.05, 0.1) is 12.2 Å². The molecule has 2 N–H and O–H groups in total. The van der Waals surface area contributed by atoms with Crippen LogP contribution < -0.4 is 9.88 Å². The fourth-order valence-electron chi connectivity index (χ4n) is 1.73. The molecular formula is C11H14N4O3S. The molecule has 0 fully saturated rings. The van der Waals surface area contributed by atoms with E-state index in [9.17, 15) is 8.42 Å². The highest BCUT2D eigenvalue weighted by Gasteiger charge is 2.21. The molecule has 0 atom stereocenters. The molecule has 0 aliphatic heterocycles. The molecule has 7 nitrogen and oxygen atoms in total. The lowest BCUT2D eigenvalue weighted by Gasteiger charge is -2.09. The number of para-hydroxylation sites is 1. The van der Waals surface area contributed by atoms with Crippen LogP contribution in [-0.2, 0) is 17.1 Å². The van der Waals surface area contributed by atoms with E-state index >= 15 is 0 Å². The lowest BCUT2D eigenvalue weighted by molar-refractivity contribution is 0.341. The number of benzene rings is 1. The molecule has 0 saturated carbocycles. The summed E-state index contributed by atoms with van der Waals surface area (Å²) < 4.78 is 29.5. The van der Waals surface area contributed by atoms with E-state index in [4.69, 9.17) is 9.88 Å². The van der Waals surface area contributed by atoms with E-state index in [0.717, 1.165) is 0 Å². The second kappa shape index (κ2) is 4.98. The number of ether oxygens (including phenoxy) is 1. The molecule has 0 spiro atoms. The summed E-state index contributed by atoms with van der Waals surface area (Å²) in [6, 6.07) is 7.20. The second-order valence-corrected chi connectivity index (χ2v) is 5.29. The Morgan fingerprint density at radius 1 is 1.32 bits per heavy atom. The summed E-state index contributed by atoms with van der Waals surface area (Å²) in [6.07, 6.45) is 0. The summed E-state index contributed by atoms with van der Waals surface area (Å²) in [5.41, 5.74) is 0.661. The van der Waals surface area contributed by atoms with Crippen LogP contribution in [0.4, 0.5) is 0 Å². The van der Waals surface area contributed by atoms with Crippen LogP contribution in [0, 0.1) is 0 Å². The van der Waals surface area contributed by atoms with Crippen molar-refractivity contribution in [3.05, 3.63) is 24.3 Å². The Labute approximate surface area is 111 Å². The van der Waals surface area contributed by atoms with Crippen molar-refractivity contribution in [1.82, 2.24) is 14.8 Å². The molecule has 0 bridgehead atoms. The van der Waals surface area contributed by atoms with Gasteiger partial charge in [-0.3, -0.25) is 4.57 Å². The normalized spacial score (nSPS) is 11.5. The molecular weight excluding hydrogens is 268 g/mol. The molecule has 102 valence electrons. The Balaban J connectivity index is 2.58. The Hall–Kier alpha value is -1.93. The van der Waals surface area contributed by atoms with Gasteiger partial charge in [-0.15, -0.1) is 10.2 Å². The van der Waals surface area contributed by atoms with E-state index in [1.54, 1.807) is 12.1 Å². The standard InChI is InChI=1S/C11H14N4O3S/c1-3-18-9-7-5-4-6-8(9)10-13-14-11(15(10)2)19(12,16)17/h4-7H,3H2,1-2H3,(H2,12,16,17). The van der Waals surface area contributed by atoms with E-state index in [2.05, 4.69) is 10.2 Å². The minimum atomic E-state index is -3.90. The van der Waals surface area contributed by atoms with Gasteiger partial charge in [0.25, 0.3) is 15.2 Å². The summed E-state index contributed by atoms with van der Waals surface area (Å²) in [6.45, 7) is 2.36. The van der Waals surface area contributed by atoms with Crippen molar-refractivity contribution in [2.45, 2.75) is 12.1 Å². The van der Waals surface area contributed by atoms with Crippen molar-refractivity contribution >= 4 is 10.0 Å². The maximum atomic E-state index is 11.3. The minimum Gasteiger partial charge on any atom is -0.493 e. The van der Waals surface area contributed by atoms with E-state index in [1.807, 2.05) is 19.1 Å². The topological polar surface area (TPSA) is 100 Å². The van der Waals surface area contributed by atoms with Crippen LogP contribution in [-0.4, -0.2) is 29.8 Å². The number of hydrogen-bond acceptors (Lipinski definition) is 5. The summed E-state index contributed by atoms with van der Waals surface area (Å²) in [4.78, 5) is 0. The lowest BCUT2D eigenvalue weighted by Crippen LogP contribution is -2.17. The number of hydrogen-bond donors (Lipinski definition) is 1. The molecule has 1 heterocycles. The summed E-state index contributed by atoms with van der Waals surface area (Å²) in [5.74, 6) is 0.995. The molecule has 0 radical (unpaired) electrons. The zero-order valence-corrected chi connectivity index (χ0v) is 11.4. The number of aromatic nitrogens is 3. The van der Waals surface area contributed by atoms with Crippen LogP contribution >= 0.6 is 0 Å². The fourth-order valence-corrected chi connectivity index (χ4v) is 2.35. The average molecular weight is 282 g/mol. The zero-order valence-electron chi connectivity index (χ0n) is 10.6. The largest absolute Gasteiger partial charge is 0.493 e.